The first-order valence-electron chi connectivity index (χ1n) is 9.30. The van der Waals surface area contributed by atoms with E-state index in [1.165, 1.54) is 0 Å². The molecular weight excluding hydrogens is 344 g/mol. The molecule has 27 heavy (non-hydrogen) atoms. The van der Waals surface area contributed by atoms with Gasteiger partial charge in [-0.3, -0.25) is 9.48 Å². The predicted molar refractivity (Wildman–Crippen MR) is 101 cm³/mol. The number of ether oxygens (including phenoxy) is 1. The highest BCUT2D eigenvalue weighted by Crippen LogP contribution is 2.29. The highest BCUT2D eigenvalue weighted by molar-refractivity contribution is 6.03. The van der Waals surface area contributed by atoms with Crippen molar-refractivity contribution in [2.45, 2.75) is 25.0 Å². The number of piperidine rings is 1. The average Bonchev–Trinajstić information content (AvgIpc) is 3.30. The second-order valence-corrected chi connectivity index (χ2v) is 7.38. The van der Waals surface area contributed by atoms with Gasteiger partial charge in [0.25, 0.3) is 5.91 Å². The van der Waals surface area contributed by atoms with Crippen LogP contribution in [-0.4, -0.2) is 63.4 Å². The fourth-order valence-corrected chi connectivity index (χ4v) is 3.62. The first kappa shape index (κ1) is 16.5. The monoisotopic (exact) mass is 366 g/mol. The first-order valence-corrected chi connectivity index (χ1v) is 9.30. The van der Waals surface area contributed by atoms with E-state index < -0.39 is 0 Å². The zero-order valence-corrected chi connectivity index (χ0v) is 15.2. The summed E-state index contributed by atoms with van der Waals surface area (Å²) in [6.07, 6.45) is 9.51. The maximum absolute atomic E-state index is 12.0. The lowest BCUT2D eigenvalue weighted by atomic mass is 10.1. The molecule has 1 atom stereocenters. The van der Waals surface area contributed by atoms with Crippen LogP contribution in [0.1, 0.15) is 18.9 Å². The molecule has 8 nitrogen and oxygen atoms in total. The van der Waals surface area contributed by atoms with Gasteiger partial charge in [0.05, 0.1) is 24.5 Å². The predicted octanol–water partition coefficient (Wildman–Crippen LogP) is 2.03. The summed E-state index contributed by atoms with van der Waals surface area (Å²) in [6.45, 7) is 2.70. The lowest BCUT2D eigenvalue weighted by molar-refractivity contribution is -0.117. The topological polar surface area (TPSA) is 91.4 Å². The van der Waals surface area contributed by atoms with Crippen LogP contribution >= 0.6 is 0 Å². The van der Waals surface area contributed by atoms with E-state index in [1.807, 2.05) is 18.5 Å². The molecule has 5 heterocycles. The van der Waals surface area contributed by atoms with Gasteiger partial charge in [-0.15, -0.1) is 0 Å². The molecule has 8 heteroatoms. The molecule has 2 aliphatic rings. The maximum atomic E-state index is 12.0. The van der Waals surface area contributed by atoms with Crippen LogP contribution in [0.4, 0.5) is 5.69 Å². The maximum Gasteiger partial charge on any atom is 0.255 e. The van der Waals surface area contributed by atoms with E-state index >= 15 is 0 Å². The Hall–Kier alpha value is -2.71. The van der Waals surface area contributed by atoms with Crippen LogP contribution in [0.2, 0.25) is 0 Å². The van der Waals surface area contributed by atoms with Gasteiger partial charge in [0.15, 0.2) is 6.10 Å². The van der Waals surface area contributed by atoms with E-state index in [2.05, 4.69) is 43.2 Å². The first-order chi connectivity index (χ1) is 13.2. The van der Waals surface area contributed by atoms with Gasteiger partial charge < -0.3 is 19.9 Å². The molecule has 0 unspecified atom stereocenters. The summed E-state index contributed by atoms with van der Waals surface area (Å²) >= 11 is 0. The fourth-order valence-electron chi connectivity index (χ4n) is 3.62. The van der Waals surface area contributed by atoms with Gasteiger partial charge in [-0.25, -0.2) is 4.98 Å². The minimum atomic E-state index is -0.320. The van der Waals surface area contributed by atoms with Gasteiger partial charge in [0.1, 0.15) is 5.65 Å². The molecule has 3 aromatic rings. The number of aromatic amines is 1. The van der Waals surface area contributed by atoms with Crippen molar-refractivity contribution in [2.75, 3.05) is 32.1 Å². The number of H-pyrrole nitrogens is 1. The zero-order valence-electron chi connectivity index (χ0n) is 15.2. The number of nitrogens with zero attached hydrogens (tertiary/aromatic N) is 4. The summed E-state index contributed by atoms with van der Waals surface area (Å²) in [6, 6.07) is 2.49. The number of hydrogen-bond acceptors (Lipinski definition) is 5. The van der Waals surface area contributed by atoms with E-state index in [0.29, 0.717) is 12.6 Å². The Bertz CT molecular complexity index is 981. The van der Waals surface area contributed by atoms with Crippen molar-refractivity contribution < 1.29 is 9.53 Å². The van der Waals surface area contributed by atoms with Crippen LogP contribution in [0.3, 0.4) is 0 Å². The molecule has 0 saturated carbocycles. The number of fused-ring (bicyclic) bond motifs is 1. The van der Waals surface area contributed by atoms with Crippen molar-refractivity contribution in [3.05, 3.63) is 30.9 Å². The minimum Gasteiger partial charge on any atom is -0.363 e. The van der Waals surface area contributed by atoms with Crippen molar-refractivity contribution in [3.63, 3.8) is 0 Å². The molecule has 2 aliphatic heterocycles. The van der Waals surface area contributed by atoms with Gasteiger partial charge in [0, 0.05) is 35.1 Å². The third-order valence-electron chi connectivity index (χ3n) is 5.41. The quantitative estimate of drug-likeness (QED) is 0.690. The Labute approximate surface area is 156 Å². The Balaban J connectivity index is 1.40. The van der Waals surface area contributed by atoms with Crippen molar-refractivity contribution in [3.8, 4) is 11.1 Å². The number of pyridine rings is 1. The molecular formula is C19H22N6O2. The number of aromatic nitrogens is 4. The Morgan fingerprint density at radius 1 is 1.30 bits per heavy atom. The molecule has 0 aliphatic carbocycles. The van der Waals surface area contributed by atoms with E-state index in [1.54, 1.807) is 6.20 Å². The second kappa shape index (κ2) is 6.47. The van der Waals surface area contributed by atoms with Gasteiger partial charge in [-0.1, -0.05) is 0 Å². The molecule has 0 spiro atoms. The smallest absolute Gasteiger partial charge is 0.255 e. The van der Waals surface area contributed by atoms with Crippen LogP contribution in [0.25, 0.3) is 22.2 Å². The van der Waals surface area contributed by atoms with Gasteiger partial charge >= 0.3 is 0 Å². The third kappa shape index (κ3) is 3.22. The highest BCUT2D eigenvalue weighted by atomic mass is 16.6. The normalized spacial score (nSPS) is 20.9. The molecule has 2 N–H and O–H groups in total. The largest absolute Gasteiger partial charge is 0.363 e. The van der Waals surface area contributed by atoms with Crippen molar-refractivity contribution in [1.82, 2.24) is 24.6 Å². The van der Waals surface area contributed by atoms with E-state index in [9.17, 15) is 4.79 Å². The highest BCUT2D eigenvalue weighted by Gasteiger charge is 2.31. The standard InChI is InChI=1S/C19H22N6O2/c1-24-4-2-14(3-5-24)25-10-13(8-22-25)12-6-15-16(9-21-18(15)20-7-12)23-19(26)17-11-27-17/h6-10,14,17H,2-5,11H2,1H3,(H,20,21)(H,23,26)/t17-/m1/s1. The van der Waals surface area contributed by atoms with E-state index in [4.69, 9.17) is 4.74 Å². The van der Waals surface area contributed by atoms with Crippen LogP contribution < -0.4 is 5.32 Å². The molecule has 5 rings (SSSR count). The molecule has 0 bridgehead atoms. The molecule has 140 valence electrons. The summed E-state index contributed by atoms with van der Waals surface area (Å²) in [4.78, 5) is 21.9. The average molecular weight is 366 g/mol. The molecule has 0 radical (unpaired) electrons. The summed E-state index contributed by atoms with van der Waals surface area (Å²) in [5.41, 5.74) is 3.49. The number of rotatable bonds is 4. The van der Waals surface area contributed by atoms with Gasteiger partial charge in [-0.05, 0) is 39.0 Å². The Morgan fingerprint density at radius 2 is 2.11 bits per heavy atom. The summed E-state index contributed by atoms with van der Waals surface area (Å²) in [7, 11) is 2.16. The number of hydrogen-bond donors (Lipinski definition) is 2. The molecule has 1 amide bonds. The van der Waals surface area contributed by atoms with Crippen LogP contribution in [0, 0.1) is 0 Å². The van der Waals surface area contributed by atoms with E-state index in [-0.39, 0.29) is 12.0 Å². The molecule has 3 aromatic heterocycles. The van der Waals surface area contributed by atoms with Crippen LogP contribution in [-0.2, 0) is 9.53 Å². The van der Waals surface area contributed by atoms with Crippen LogP contribution in [0.5, 0.6) is 0 Å². The number of epoxide rings is 1. The fraction of sp³-hybridized carbons (Fsp3) is 0.421. The Kier molecular flexibility index (Phi) is 3.95. The number of nitrogens with one attached hydrogen (secondary N) is 2. The molecule has 0 aromatic carbocycles. The summed E-state index contributed by atoms with van der Waals surface area (Å²) in [5.74, 6) is -0.114. The summed E-state index contributed by atoms with van der Waals surface area (Å²) in [5, 5.41) is 8.38. The minimum absolute atomic E-state index is 0.114. The second-order valence-electron chi connectivity index (χ2n) is 7.38. The Morgan fingerprint density at radius 3 is 2.89 bits per heavy atom. The summed E-state index contributed by atoms with van der Waals surface area (Å²) < 4.78 is 7.12. The number of amides is 1. The van der Waals surface area contributed by atoms with Crippen molar-refractivity contribution >= 4 is 22.6 Å². The van der Waals surface area contributed by atoms with E-state index in [0.717, 1.165) is 53.8 Å². The number of carbonyl (C=O) groups is 1. The zero-order chi connectivity index (χ0) is 18.4. The molecule has 2 saturated heterocycles. The lowest BCUT2D eigenvalue weighted by Gasteiger charge is -2.28. The van der Waals surface area contributed by atoms with Gasteiger partial charge in [0.2, 0.25) is 0 Å². The third-order valence-corrected chi connectivity index (χ3v) is 5.41. The number of likely N-dealkylation sites (tertiary alicyclic amines) is 1. The van der Waals surface area contributed by atoms with Crippen molar-refractivity contribution in [2.24, 2.45) is 0 Å². The van der Waals surface area contributed by atoms with Gasteiger partial charge in [-0.2, -0.15) is 5.10 Å². The molecule has 2 fully saturated rings. The SMILES string of the molecule is CN1CCC(n2cc(-c3cnc4[nH]cc(NC(=O)[C@H]5CO5)c4c3)cn2)CC1. The number of anilines is 1. The van der Waals surface area contributed by atoms with Crippen LogP contribution in [0.15, 0.2) is 30.9 Å². The van der Waals surface area contributed by atoms with Crippen molar-refractivity contribution in [1.29, 1.82) is 0 Å². The lowest BCUT2D eigenvalue weighted by Crippen LogP contribution is -2.31. The number of carbonyl (C=O) groups excluding carboxylic acids is 1.